The maximum Gasteiger partial charge on any atom is 0.243 e. The van der Waals surface area contributed by atoms with E-state index in [0.717, 1.165) is 0 Å². The van der Waals surface area contributed by atoms with Gasteiger partial charge in [0.05, 0.1) is 4.90 Å². The summed E-state index contributed by atoms with van der Waals surface area (Å²) in [4.78, 5) is 0.137. The van der Waals surface area contributed by atoms with Crippen molar-refractivity contribution in [2.24, 2.45) is 5.73 Å². The van der Waals surface area contributed by atoms with E-state index in [9.17, 15) is 8.42 Å². The molecule has 4 nitrogen and oxygen atoms in total. The van der Waals surface area contributed by atoms with Crippen LogP contribution < -0.4 is 5.73 Å². The number of hydrogen-bond donors (Lipinski definition) is 1. The van der Waals surface area contributed by atoms with Gasteiger partial charge in [0, 0.05) is 24.7 Å². The lowest BCUT2D eigenvalue weighted by Gasteiger charge is -2.19. The van der Waals surface area contributed by atoms with Crippen LogP contribution in [-0.2, 0) is 16.6 Å². The van der Waals surface area contributed by atoms with E-state index < -0.39 is 10.0 Å². The topological polar surface area (TPSA) is 63.4 Å². The van der Waals surface area contributed by atoms with Crippen molar-refractivity contribution in [3.05, 3.63) is 54.1 Å². The molecule has 0 saturated heterocycles. The Morgan fingerprint density at radius 1 is 1.26 bits per heavy atom. The van der Waals surface area contributed by atoms with Crippen LogP contribution in [0.25, 0.3) is 0 Å². The first kappa shape index (κ1) is 15.9. The first-order chi connectivity index (χ1) is 8.97. The predicted molar refractivity (Wildman–Crippen MR) is 78.5 cm³/mol. The number of rotatable bonds is 7. The highest BCUT2D eigenvalue weighted by atomic mass is 35.5. The molecule has 0 aromatic heterocycles. The zero-order valence-electron chi connectivity index (χ0n) is 10.5. The third-order valence-corrected chi connectivity index (χ3v) is 4.73. The molecule has 0 saturated carbocycles. The Balaban J connectivity index is 3.20. The number of nitrogens with zero attached hydrogens (tertiary/aromatic N) is 1. The molecule has 1 rings (SSSR count). The third kappa shape index (κ3) is 3.67. The molecule has 0 unspecified atom stereocenters. The van der Waals surface area contributed by atoms with Crippen LogP contribution in [0.1, 0.15) is 5.56 Å². The van der Waals surface area contributed by atoms with Crippen LogP contribution in [0.5, 0.6) is 0 Å². The minimum absolute atomic E-state index is 0.137. The Labute approximate surface area is 119 Å². The Morgan fingerprint density at radius 3 is 2.26 bits per heavy atom. The van der Waals surface area contributed by atoms with Gasteiger partial charge in [-0.15, -0.1) is 13.2 Å². The van der Waals surface area contributed by atoms with E-state index in [1.165, 1.54) is 28.6 Å². The lowest BCUT2D eigenvalue weighted by Crippen LogP contribution is -2.31. The largest absolute Gasteiger partial charge is 0.326 e. The molecule has 0 heterocycles. The fraction of sp³-hybridized carbons (Fsp3) is 0.231. The van der Waals surface area contributed by atoms with Crippen LogP contribution in [0.3, 0.4) is 0 Å². The van der Waals surface area contributed by atoms with Gasteiger partial charge in [-0.25, -0.2) is 8.42 Å². The van der Waals surface area contributed by atoms with Crippen molar-refractivity contribution in [1.82, 2.24) is 4.31 Å². The Hall–Kier alpha value is -1.14. The second-order valence-corrected chi connectivity index (χ2v) is 6.20. The second kappa shape index (κ2) is 6.86. The van der Waals surface area contributed by atoms with E-state index >= 15 is 0 Å². The molecule has 0 aliphatic rings. The average molecular weight is 301 g/mol. The van der Waals surface area contributed by atoms with Gasteiger partial charge < -0.3 is 5.73 Å². The summed E-state index contributed by atoms with van der Waals surface area (Å²) in [5, 5.41) is 0.348. The maximum atomic E-state index is 12.4. The Bertz CT molecular complexity index is 560. The van der Waals surface area contributed by atoms with Crippen molar-refractivity contribution in [2.45, 2.75) is 11.4 Å². The molecule has 0 spiro atoms. The van der Waals surface area contributed by atoms with Gasteiger partial charge in [-0.2, -0.15) is 4.31 Å². The van der Waals surface area contributed by atoms with Gasteiger partial charge in [-0.1, -0.05) is 29.8 Å². The summed E-state index contributed by atoms with van der Waals surface area (Å²) in [7, 11) is -3.61. The molecule has 0 aliphatic carbocycles. The Kier molecular flexibility index (Phi) is 5.75. The fourth-order valence-electron chi connectivity index (χ4n) is 1.56. The molecule has 19 heavy (non-hydrogen) atoms. The molecule has 6 heteroatoms. The van der Waals surface area contributed by atoms with E-state index in [1.54, 1.807) is 6.07 Å². The van der Waals surface area contributed by atoms with Gasteiger partial charge >= 0.3 is 0 Å². The summed E-state index contributed by atoms with van der Waals surface area (Å²) >= 11 is 5.99. The third-order valence-electron chi connectivity index (χ3n) is 2.55. The summed E-state index contributed by atoms with van der Waals surface area (Å²) in [6.45, 7) is 7.80. The molecule has 0 bridgehead atoms. The average Bonchev–Trinajstić information content (AvgIpc) is 2.38. The molecular weight excluding hydrogens is 284 g/mol. The second-order valence-electron chi connectivity index (χ2n) is 3.86. The normalized spacial score (nSPS) is 11.5. The summed E-state index contributed by atoms with van der Waals surface area (Å²) < 4.78 is 26.1. The van der Waals surface area contributed by atoms with Crippen molar-refractivity contribution < 1.29 is 8.42 Å². The standard InChI is InChI=1S/C13H17ClN2O2S/c1-3-7-16(8-4-2)19(17,18)12-6-5-11(10-15)13(14)9-12/h3-6,9H,1-2,7-8,10,15H2. The summed E-state index contributed by atoms with van der Waals surface area (Å²) in [6.07, 6.45) is 3.05. The van der Waals surface area contributed by atoms with Crippen molar-refractivity contribution in [3.8, 4) is 0 Å². The Morgan fingerprint density at radius 2 is 1.84 bits per heavy atom. The van der Waals surface area contributed by atoms with E-state index in [0.29, 0.717) is 10.6 Å². The van der Waals surface area contributed by atoms with Crippen molar-refractivity contribution in [2.75, 3.05) is 13.1 Å². The quantitative estimate of drug-likeness (QED) is 0.785. The molecule has 0 radical (unpaired) electrons. The lowest BCUT2D eigenvalue weighted by atomic mass is 10.2. The number of hydrogen-bond acceptors (Lipinski definition) is 3. The molecule has 0 atom stereocenters. The van der Waals surface area contributed by atoms with Gasteiger partial charge in [0.25, 0.3) is 0 Å². The highest BCUT2D eigenvalue weighted by Crippen LogP contribution is 2.23. The molecule has 0 aliphatic heterocycles. The number of sulfonamides is 1. The van der Waals surface area contributed by atoms with Crippen molar-refractivity contribution in [1.29, 1.82) is 0 Å². The highest BCUT2D eigenvalue weighted by molar-refractivity contribution is 7.89. The zero-order chi connectivity index (χ0) is 14.5. The van der Waals surface area contributed by atoms with E-state index in [4.69, 9.17) is 17.3 Å². The zero-order valence-corrected chi connectivity index (χ0v) is 12.1. The van der Waals surface area contributed by atoms with Crippen molar-refractivity contribution in [3.63, 3.8) is 0 Å². The van der Waals surface area contributed by atoms with Gasteiger partial charge in [0.1, 0.15) is 0 Å². The molecule has 0 amide bonds. The monoisotopic (exact) mass is 300 g/mol. The molecule has 1 aromatic rings. The van der Waals surface area contributed by atoms with Gasteiger partial charge in [0.2, 0.25) is 10.0 Å². The van der Waals surface area contributed by atoms with Crippen LogP contribution in [0, 0.1) is 0 Å². The van der Waals surface area contributed by atoms with Crippen LogP contribution in [0.15, 0.2) is 48.4 Å². The number of benzene rings is 1. The SMILES string of the molecule is C=CCN(CC=C)S(=O)(=O)c1ccc(CN)c(Cl)c1. The molecule has 1 aromatic carbocycles. The maximum absolute atomic E-state index is 12.4. The molecule has 0 fully saturated rings. The molecule has 104 valence electrons. The first-order valence-electron chi connectivity index (χ1n) is 5.67. The minimum atomic E-state index is -3.61. The molecular formula is C13H17ClN2O2S. The van der Waals surface area contributed by atoms with Crippen LogP contribution in [0.2, 0.25) is 5.02 Å². The first-order valence-corrected chi connectivity index (χ1v) is 7.49. The van der Waals surface area contributed by atoms with Gasteiger partial charge in [-0.05, 0) is 17.7 Å². The lowest BCUT2D eigenvalue weighted by molar-refractivity contribution is 0.474. The summed E-state index contributed by atoms with van der Waals surface area (Å²) in [6, 6.07) is 4.54. The number of halogens is 1. The van der Waals surface area contributed by atoms with Crippen LogP contribution in [0.4, 0.5) is 0 Å². The minimum Gasteiger partial charge on any atom is -0.326 e. The van der Waals surface area contributed by atoms with Crippen LogP contribution in [-0.4, -0.2) is 25.8 Å². The summed E-state index contributed by atoms with van der Waals surface area (Å²) in [5.74, 6) is 0. The van der Waals surface area contributed by atoms with Crippen LogP contribution >= 0.6 is 11.6 Å². The van der Waals surface area contributed by atoms with E-state index in [2.05, 4.69) is 13.2 Å². The van der Waals surface area contributed by atoms with Gasteiger partial charge in [-0.3, -0.25) is 0 Å². The van der Waals surface area contributed by atoms with E-state index in [-0.39, 0.29) is 24.5 Å². The molecule has 2 N–H and O–H groups in total. The highest BCUT2D eigenvalue weighted by Gasteiger charge is 2.22. The fourth-order valence-corrected chi connectivity index (χ4v) is 3.29. The summed E-state index contributed by atoms with van der Waals surface area (Å²) in [5.41, 5.74) is 6.20. The van der Waals surface area contributed by atoms with Gasteiger partial charge in [0.15, 0.2) is 0 Å². The number of nitrogens with two attached hydrogens (primary N) is 1. The van der Waals surface area contributed by atoms with E-state index in [1.807, 2.05) is 0 Å². The van der Waals surface area contributed by atoms with Crippen molar-refractivity contribution >= 4 is 21.6 Å². The smallest absolute Gasteiger partial charge is 0.243 e. The predicted octanol–water partition coefficient (Wildman–Crippen LogP) is 2.16.